The standard InChI is InChI=1S/C13H19NO2/c1-14(2)13(16)9-8-12(15)10-11-6-4-3-5-7-11/h3-7,12,15H,8-10H2,1-2H3/t12-/m1/s1. The van der Waals surface area contributed by atoms with Crippen molar-refractivity contribution in [2.45, 2.75) is 25.4 Å². The van der Waals surface area contributed by atoms with Gasteiger partial charge < -0.3 is 10.0 Å². The minimum absolute atomic E-state index is 0.0621. The van der Waals surface area contributed by atoms with Crippen LogP contribution in [0.15, 0.2) is 30.3 Å². The van der Waals surface area contributed by atoms with Crippen molar-refractivity contribution >= 4 is 5.91 Å². The van der Waals surface area contributed by atoms with Gasteiger partial charge in [0.2, 0.25) is 5.91 Å². The smallest absolute Gasteiger partial charge is 0.222 e. The number of carbonyl (C=O) groups excluding carboxylic acids is 1. The first-order chi connectivity index (χ1) is 7.59. The topological polar surface area (TPSA) is 40.5 Å². The Morgan fingerprint density at radius 3 is 2.50 bits per heavy atom. The van der Waals surface area contributed by atoms with E-state index < -0.39 is 6.10 Å². The van der Waals surface area contributed by atoms with E-state index in [1.54, 1.807) is 19.0 Å². The molecule has 0 bridgehead atoms. The van der Waals surface area contributed by atoms with E-state index in [1.165, 1.54) is 0 Å². The molecule has 0 aliphatic rings. The van der Waals surface area contributed by atoms with E-state index in [1.807, 2.05) is 30.3 Å². The largest absolute Gasteiger partial charge is 0.393 e. The summed E-state index contributed by atoms with van der Waals surface area (Å²) in [5.41, 5.74) is 1.10. The molecular formula is C13H19NO2. The Kier molecular flexibility index (Phi) is 4.99. The maximum atomic E-state index is 11.3. The van der Waals surface area contributed by atoms with E-state index in [4.69, 9.17) is 0 Å². The van der Waals surface area contributed by atoms with Crippen LogP contribution in [0.5, 0.6) is 0 Å². The lowest BCUT2D eigenvalue weighted by Crippen LogP contribution is -2.23. The van der Waals surface area contributed by atoms with Gasteiger partial charge in [-0.05, 0) is 18.4 Å². The second kappa shape index (κ2) is 6.28. The number of aliphatic hydroxyl groups is 1. The quantitative estimate of drug-likeness (QED) is 0.817. The molecule has 1 N–H and O–H groups in total. The van der Waals surface area contributed by atoms with Crippen LogP contribution in [0.1, 0.15) is 18.4 Å². The molecule has 0 unspecified atom stereocenters. The summed E-state index contributed by atoms with van der Waals surface area (Å²) in [5.74, 6) is 0.0621. The molecular weight excluding hydrogens is 202 g/mol. The van der Waals surface area contributed by atoms with Crippen LogP contribution in [0.3, 0.4) is 0 Å². The van der Waals surface area contributed by atoms with Crippen LogP contribution >= 0.6 is 0 Å². The number of nitrogens with zero attached hydrogens (tertiary/aromatic N) is 1. The van der Waals surface area contributed by atoms with Crippen LogP contribution in [-0.2, 0) is 11.2 Å². The summed E-state index contributed by atoms with van der Waals surface area (Å²) in [4.78, 5) is 12.9. The molecule has 16 heavy (non-hydrogen) atoms. The molecule has 0 heterocycles. The van der Waals surface area contributed by atoms with Gasteiger partial charge in [0.25, 0.3) is 0 Å². The zero-order valence-electron chi connectivity index (χ0n) is 9.89. The van der Waals surface area contributed by atoms with Gasteiger partial charge in [0, 0.05) is 20.5 Å². The maximum absolute atomic E-state index is 11.3. The van der Waals surface area contributed by atoms with Crippen LogP contribution in [0.25, 0.3) is 0 Å². The van der Waals surface area contributed by atoms with Crippen LogP contribution in [0.4, 0.5) is 0 Å². The van der Waals surface area contributed by atoms with E-state index in [2.05, 4.69) is 0 Å². The van der Waals surface area contributed by atoms with Gasteiger partial charge in [-0.15, -0.1) is 0 Å². The van der Waals surface area contributed by atoms with Gasteiger partial charge in [0.1, 0.15) is 0 Å². The van der Waals surface area contributed by atoms with Crippen molar-refractivity contribution in [1.82, 2.24) is 4.90 Å². The van der Waals surface area contributed by atoms with Crippen molar-refractivity contribution in [2.75, 3.05) is 14.1 Å². The highest BCUT2D eigenvalue weighted by Gasteiger charge is 2.09. The number of carbonyl (C=O) groups is 1. The summed E-state index contributed by atoms with van der Waals surface area (Å²) in [6.07, 6.45) is 1.10. The van der Waals surface area contributed by atoms with Crippen molar-refractivity contribution in [3.05, 3.63) is 35.9 Å². The minimum Gasteiger partial charge on any atom is -0.393 e. The lowest BCUT2D eigenvalue weighted by Gasteiger charge is -2.13. The summed E-state index contributed by atoms with van der Waals surface area (Å²) in [6.45, 7) is 0. The van der Waals surface area contributed by atoms with E-state index in [-0.39, 0.29) is 5.91 Å². The van der Waals surface area contributed by atoms with Gasteiger partial charge in [-0.2, -0.15) is 0 Å². The maximum Gasteiger partial charge on any atom is 0.222 e. The van der Waals surface area contributed by atoms with Crippen molar-refractivity contribution in [1.29, 1.82) is 0 Å². The second-order valence-corrected chi connectivity index (χ2v) is 4.17. The number of hydrogen-bond donors (Lipinski definition) is 1. The Morgan fingerprint density at radius 2 is 1.94 bits per heavy atom. The minimum atomic E-state index is -0.439. The number of amides is 1. The zero-order chi connectivity index (χ0) is 12.0. The molecule has 1 aromatic rings. The van der Waals surface area contributed by atoms with E-state index in [0.717, 1.165) is 5.56 Å². The molecule has 0 spiro atoms. The summed E-state index contributed by atoms with van der Waals surface area (Å²) in [7, 11) is 3.46. The molecule has 0 radical (unpaired) electrons. The van der Waals surface area contributed by atoms with Gasteiger partial charge in [-0.1, -0.05) is 30.3 Å². The first-order valence-corrected chi connectivity index (χ1v) is 5.51. The Bertz CT molecular complexity index is 322. The molecule has 3 nitrogen and oxygen atoms in total. The number of aliphatic hydroxyl groups excluding tert-OH is 1. The summed E-state index contributed by atoms with van der Waals surface area (Å²) >= 11 is 0. The molecule has 0 aromatic heterocycles. The molecule has 0 fully saturated rings. The highest BCUT2D eigenvalue weighted by molar-refractivity contribution is 5.75. The van der Waals surface area contributed by atoms with E-state index in [0.29, 0.717) is 19.3 Å². The molecule has 88 valence electrons. The third-order valence-corrected chi connectivity index (χ3v) is 2.50. The third-order valence-electron chi connectivity index (χ3n) is 2.50. The van der Waals surface area contributed by atoms with Crippen molar-refractivity contribution in [3.63, 3.8) is 0 Å². The molecule has 0 saturated heterocycles. The average molecular weight is 221 g/mol. The van der Waals surface area contributed by atoms with Crippen molar-refractivity contribution < 1.29 is 9.90 Å². The third kappa shape index (κ3) is 4.45. The summed E-state index contributed by atoms with van der Waals surface area (Å²) in [6, 6.07) is 9.82. The lowest BCUT2D eigenvalue weighted by molar-refractivity contribution is -0.129. The van der Waals surface area contributed by atoms with Crippen LogP contribution in [-0.4, -0.2) is 36.1 Å². The Hall–Kier alpha value is -1.35. The molecule has 0 aliphatic heterocycles. The monoisotopic (exact) mass is 221 g/mol. The van der Waals surface area contributed by atoms with Gasteiger partial charge in [0.15, 0.2) is 0 Å². The molecule has 3 heteroatoms. The summed E-state index contributed by atoms with van der Waals surface area (Å²) < 4.78 is 0. The first-order valence-electron chi connectivity index (χ1n) is 5.51. The van der Waals surface area contributed by atoms with Gasteiger partial charge in [-0.3, -0.25) is 4.79 Å². The number of rotatable bonds is 5. The SMILES string of the molecule is CN(C)C(=O)CC[C@@H](O)Cc1ccccc1. The Labute approximate surface area is 96.7 Å². The molecule has 1 amide bonds. The molecule has 0 saturated carbocycles. The fourth-order valence-electron chi connectivity index (χ4n) is 1.50. The van der Waals surface area contributed by atoms with Crippen LogP contribution in [0, 0.1) is 0 Å². The predicted octanol–water partition coefficient (Wildman–Crippen LogP) is 1.46. The average Bonchev–Trinajstić information content (AvgIpc) is 2.27. The highest BCUT2D eigenvalue weighted by Crippen LogP contribution is 2.07. The highest BCUT2D eigenvalue weighted by atomic mass is 16.3. The van der Waals surface area contributed by atoms with Crippen molar-refractivity contribution in [2.24, 2.45) is 0 Å². The second-order valence-electron chi connectivity index (χ2n) is 4.17. The van der Waals surface area contributed by atoms with Gasteiger partial charge in [0.05, 0.1) is 6.10 Å². The van der Waals surface area contributed by atoms with Crippen molar-refractivity contribution in [3.8, 4) is 0 Å². The first kappa shape index (κ1) is 12.7. The molecule has 1 aromatic carbocycles. The molecule has 0 aliphatic carbocycles. The molecule has 1 rings (SSSR count). The van der Waals surface area contributed by atoms with Gasteiger partial charge >= 0.3 is 0 Å². The van der Waals surface area contributed by atoms with Crippen LogP contribution < -0.4 is 0 Å². The fourth-order valence-corrected chi connectivity index (χ4v) is 1.50. The summed E-state index contributed by atoms with van der Waals surface area (Å²) in [5, 5.41) is 9.76. The Morgan fingerprint density at radius 1 is 1.31 bits per heavy atom. The fraction of sp³-hybridized carbons (Fsp3) is 0.462. The predicted molar refractivity (Wildman–Crippen MR) is 64.1 cm³/mol. The zero-order valence-corrected chi connectivity index (χ0v) is 9.89. The lowest BCUT2D eigenvalue weighted by atomic mass is 10.0. The normalized spacial score (nSPS) is 12.2. The number of hydrogen-bond acceptors (Lipinski definition) is 2. The Balaban J connectivity index is 2.31. The van der Waals surface area contributed by atoms with E-state index >= 15 is 0 Å². The molecule has 1 atom stereocenters. The van der Waals surface area contributed by atoms with Gasteiger partial charge in [-0.25, -0.2) is 0 Å². The number of benzene rings is 1. The van der Waals surface area contributed by atoms with E-state index in [9.17, 15) is 9.90 Å². The van der Waals surface area contributed by atoms with Crippen LogP contribution in [0.2, 0.25) is 0 Å².